The van der Waals surface area contributed by atoms with E-state index < -0.39 is 0 Å². The van der Waals surface area contributed by atoms with Crippen molar-refractivity contribution in [3.05, 3.63) is 34.9 Å². The Morgan fingerprint density at radius 2 is 1.88 bits per heavy atom. The highest BCUT2D eigenvalue weighted by molar-refractivity contribution is 5.63. The van der Waals surface area contributed by atoms with E-state index in [-0.39, 0.29) is 5.69 Å². The molecular weight excluding hydrogens is 208 g/mol. The summed E-state index contributed by atoms with van der Waals surface area (Å²) >= 11 is 0. The number of nitrogens with one attached hydrogen (secondary N) is 2. The second-order valence-electron chi connectivity index (χ2n) is 3.23. The van der Waals surface area contributed by atoms with E-state index in [1.807, 2.05) is 6.07 Å². The maximum atomic E-state index is 11.0. The molecule has 16 heavy (non-hydrogen) atoms. The molecule has 0 saturated heterocycles. The van der Waals surface area contributed by atoms with Gasteiger partial charge in [-0.05, 0) is 18.2 Å². The summed E-state index contributed by atoms with van der Waals surface area (Å²) in [6.07, 6.45) is 1.61. The molecule has 1 aromatic carbocycles. The molecule has 1 aromatic heterocycles. The predicted octanol–water partition coefficient (Wildman–Crippen LogP) is 1.39. The summed E-state index contributed by atoms with van der Waals surface area (Å²) in [7, 11) is 3.15. The topological polar surface area (TPSA) is 67.1 Å². The minimum absolute atomic E-state index is 0.232. The van der Waals surface area contributed by atoms with Gasteiger partial charge in [0.15, 0.2) is 11.5 Å². The van der Waals surface area contributed by atoms with E-state index in [9.17, 15) is 4.79 Å². The quantitative estimate of drug-likeness (QED) is 0.821. The Morgan fingerprint density at radius 3 is 2.44 bits per heavy atom. The number of imidazole rings is 1. The SMILES string of the molecule is COc1ccc(-c2c[nH]c(=O)[nH]2)cc1OC. The molecule has 0 saturated carbocycles. The number of aromatic nitrogens is 2. The van der Waals surface area contributed by atoms with Crippen molar-refractivity contribution >= 4 is 0 Å². The number of rotatable bonds is 3. The van der Waals surface area contributed by atoms with Crippen molar-refractivity contribution in [1.29, 1.82) is 0 Å². The van der Waals surface area contributed by atoms with E-state index in [2.05, 4.69) is 9.97 Å². The van der Waals surface area contributed by atoms with E-state index in [1.54, 1.807) is 32.5 Å². The molecule has 2 rings (SSSR count). The first-order valence-electron chi connectivity index (χ1n) is 4.74. The normalized spacial score (nSPS) is 10.1. The fraction of sp³-hybridized carbons (Fsp3) is 0.182. The van der Waals surface area contributed by atoms with Crippen molar-refractivity contribution in [3.8, 4) is 22.8 Å². The van der Waals surface area contributed by atoms with Crippen LogP contribution in [-0.4, -0.2) is 24.2 Å². The lowest BCUT2D eigenvalue weighted by molar-refractivity contribution is 0.355. The fourth-order valence-corrected chi connectivity index (χ4v) is 1.49. The summed E-state index contributed by atoms with van der Waals surface area (Å²) in [5, 5.41) is 0. The summed E-state index contributed by atoms with van der Waals surface area (Å²) in [5.74, 6) is 1.28. The molecule has 0 atom stereocenters. The third-order valence-electron chi connectivity index (χ3n) is 2.29. The van der Waals surface area contributed by atoms with Gasteiger partial charge < -0.3 is 19.4 Å². The van der Waals surface area contributed by atoms with Crippen LogP contribution in [-0.2, 0) is 0 Å². The summed E-state index contributed by atoms with van der Waals surface area (Å²) in [6.45, 7) is 0. The van der Waals surface area contributed by atoms with E-state index in [0.29, 0.717) is 17.2 Å². The molecular formula is C11H12N2O3. The Bertz CT molecular complexity index is 542. The van der Waals surface area contributed by atoms with Crippen molar-refractivity contribution in [2.45, 2.75) is 0 Å². The monoisotopic (exact) mass is 220 g/mol. The molecule has 1 heterocycles. The second kappa shape index (κ2) is 4.14. The zero-order valence-corrected chi connectivity index (χ0v) is 9.03. The van der Waals surface area contributed by atoms with Gasteiger partial charge in [0.2, 0.25) is 0 Å². The van der Waals surface area contributed by atoms with Crippen LogP contribution in [0, 0.1) is 0 Å². The molecule has 84 valence electrons. The standard InChI is InChI=1S/C11H12N2O3/c1-15-9-4-3-7(5-10(9)16-2)8-6-12-11(14)13-8/h3-6H,1-2H3,(H2,12,13,14). The van der Waals surface area contributed by atoms with E-state index >= 15 is 0 Å². The predicted molar refractivity (Wildman–Crippen MR) is 60.0 cm³/mol. The lowest BCUT2D eigenvalue weighted by Crippen LogP contribution is -2.00. The average Bonchev–Trinajstić information content (AvgIpc) is 2.75. The van der Waals surface area contributed by atoms with Gasteiger partial charge in [-0.3, -0.25) is 0 Å². The number of ether oxygens (including phenoxy) is 2. The van der Waals surface area contributed by atoms with Crippen LogP contribution in [0.4, 0.5) is 0 Å². The zero-order valence-electron chi connectivity index (χ0n) is 9.03. The van der Waals surface area contributed by atoms with Gasteiger partial charge >= 0.3 is 5.69 Å². The van der Waals surface area contributed by atoms with Crippen LogP contribution < -0.4 is 15.2 Å². The van der Waals surface area contributed by atoms with Crippen molar-refractivity contribution in [1.82, 2.24) is 9.97 Å². The maximum Gasteiger partial charge on any atom is 0.323 e. The summed E-state index contributed by atoms with van der Waals surface area (Å²) in [6, 6.07) is 5.44. The van der Waals surface area contributed by atoms with Gasteiger partial charge in [0.25, 0.3) is 0 Å². The Hall–Kier alpha value is -2.17. The van der Waals surface area contributed by atoms with Gasteiger partial charge in [0.1, 0.15) is 0 Å². The summed E-state index contributed by atoms with van der Waals surface area (Å²) in [4.78, 5) is 16.2. The first-order valence-corrected chi connectivity index (χ1v) is 4.74. The highest BCUT2D eigenvalue weighted by Crippen LogP contribution is 2.30. The number of hydrogen-bond acceptors (Lipinski definition) is 3. The molecule has 0 radical (unpaired) electrons. The zero-order chi connectivity index (χ0) is 11.5. The van der Waals surface area contributed by atoms with Gasteiger partial charge in [-0.1, -0.05) is 0 Å². The van der Waals surface area contributed by atoms with E-state index in [0.717, 1.165) is 5.56 Å². The molecule has 5 heteroatoms. The lowest BCUT2D eigenvalue weighted by atomic mass is 10.1. The Kier molecular flexibility index (Phi) is 2.68. The van der Waals surface area contributed by atoms with Crippen LogP contribution in [0.5, 0.6) is 11.5 Å². The molecule has 0 bridgehead atoms. The number of H-pyrrole nitrogens is 2. The Morgan fingerprint density at radius 1 is 1.12 bits per heavy atom. The third kappa shape index (κ3) is 1.79. The molecule has 0 amide bonds. The maximum absolute atomic E-state index is 11.0. The second-order valence-corrected chi connectivity index (χ2v) is 3.23. The number of methoxy groups -OCH3 is 2. The van der Waals surface area contributed by atoms with Crippen molar-refractivity contribution in [2.24, 2.45) is 0 Å². The first kappa shape index (κ1) is 10.4. The molecule has 0 aliphatic rings. The van der Waals surface area contributed by atoms with Crippen LogP contribution >= 0.6 is 0 Å². The third-order valence-corrected chi connectivity index (χ3v) is 2.29. The Balaban J connectivity index is 2.47. The number of aromatic amines is 2. The molecule has 0 aliphatic carbocycles. The Labute approximate surface area is 92.0 Å². The fourth-order valence-electron chi connectivity index (χ4n) is 1.49. The highest BCUT2D eigenvalue weighted by Gasteiger charge is 2.06. The summed E-state index contributed by atoms with van der Waals surface area (Å²) in [5.41, 5.74) is 1.34. The smallest absolute Gasteiger partial charge is 0.323 e. The van der Waals surface area contributed by atoms with E-state index in [4.69, 9.17) is 9.47 Å². The van der Waals surface area contributed by atoms with Gasteiger partial charge in [-0.25, -0.2) is 4.79 Å². The largest absolute Gasteiger partial charge is 0.493 e. The van der Waals surface area contributed by atoms with E-state index in [1.165, 1.54) is 0 Å². The molecule has 0 unspecified atom stereocenters. The molecule has 0 fully saturated rings. The number of hydrogen-bond donors (Lipinski definition) is 2. The van der Waals surface area contributed by atoms with Crippen LogP contribution in [0.25, 0.3) is 11.3 Å². The molecule has 5 nitrogen and oxygen atoms in total. The van der Waals surface area contributed by atoms with Crippen molar-refractivity contribution in [3.63, 3.8) is 0 Å². The molecule has 2 N–H and O–H groups in total. The van der Waals surface area contributed by atoms with Crippen LogP contribution in [0.1, 0.15) is 0 Å². The minimum atomic E-state index is -0.232. The summed E-state index contributed by atoms with van der Waals surface area (Å²) < 4.78 is 10.3. The molecule has 2 aromatic rings. The van der Waals surface area contributed by atoms with Crippen molar-refractivity contribution < 1.29 is 9.47 Å². The van der Waals surface area contributed by atoms with Gasteiger partial charge in [-0.15, -0.1) is 0 Å². The van der Waals surface area contributed by atoms with Crippen LogP contribution in [0.2, 0.25) is 0 Å². The minimum Gasteiger partial charge on any atom is -0.493 e. The van der Waals surface area contributed by atoms with Gasteiger partial charge in [0.05, 0.1) is 19.9 Å². The molecule has 0 spiro atoms. The first-order chi connectivity index (χ1) is 7.74. The van der Waals surface area contributed by atoms with Gasteiger partial charge in [-0.2, -0.15) is 0 Å². The van der Waals surface area contributed by atoms with Gasteiger partial charge in [0, 0.05) is 11.8 Å². The van der Waals surface area contributed by atoms with Crippen molar-refractivity contribution in [2.75, 3.05) is 14.2 Å². The average molecular weight is 220 g/mol. The van der Waals surface area contributed by atoms with Crippen LogP contribution in [0.3, 0.4) is 0 Å². The molecule has 0 aliphatic heterocycles. The highest BCUT2D eigenvalue weighted by atomic mass is 16.5. The number of benzene rings is 1. The lowest BCUT2D eigenvalue weighted by Gasteiger charge is -2.08. The van der Waals surface area contributed by atoms with Crippen LogP contribution in [0.15, 0.2) is 29.2 Å².